The van der Waals surface area contributed by atoms with Crippen LogP contribution in [0.25, 0.3) is 0 Å². The SMILES string of the molecule is NN.SS. The second-order valence-corrected chi connectivity index (χ2v) is 0. The van der Waals surface area contributed by atoms with E-state index in [9.17, 15) is 0 Å². The molecule has 0 saturated carbocycles. The van der Waals surface area contributed by atoms with Gasteiger partial charge in [0.05, 0.1) is 0 Å². The van der Waals surface area contributed by atoms with Crippen molar-refractivity contribution < 1.29 is 0 Å². The molecule has 4 N–H and O–H groups in total. The first-order valence-corrected chi connectivity index (χ1v) is 2.13. The van der Waals surface area contributed by atoms with E-state index in [0.29, 0.717) is 0 Å². The molecule has 0 rings (SSSR count). The van der Waals surface area contributed by atoms with Crippen molar-refractivity contribution in [3.8, 4) is 0 Å². The molecule has 0 saturated heterocycles. The van der Waals surface area contributed by atoms with E-state index >= 15 is 0 Å². The molecule has 0 aromatic rings. The van der Waals surface area contributed by atoms with Crippen LogP contribution in [0.2, 0.25) is 0 Å². The molecular formula is H6N2S2. The minimum Gasteiger partial charge on any atom is -0.274 e. The predicted octanol–water partition coefficient (Wildman–Crippen LogP) is -0.420. The van der Waals surface area contributed by atoms with Gasteiger partial charge >= 0.3 is 0 Å². The fourth-order valence-electron chi connectivity index (χ4n) is 0. The average Bonchev–Trinajstić information content (AvgIpc) is 1.50. The molecule has 0 bridgehead atoms. The Morgan fingerprint density at radius 2 is 1.00 bits per heavy atom. The van der Waals surface area contributed by atoms with Gasteiger partial charge in [0.2, 0.25) is 0 Å². The summed E-state index contributed by atoms with van der Waals surface area (Å²) in [6.07, 6.45) is 0. The van der Waals surface area contributed by atoms with Gasteiger partial charge in [0, 0.05) is 0 Å². The third-order valence-corrected chi connectivity index (χ3v) is 0. The number of thiol groups is 2. The molecule has 0 aliphatic carbocycles. The molecule has 0 aromatic carbocycles. The third-order valence-electron chi connectivity index (χ3n) is 0. The first-order valence-electron chi connectivity index (χ1n) is 0.533. The second-order valence-electron chi connectivity index (χ2n) is 0. The molecule has 0 atom stereocenters. The van der Waals surface area contributed by atoms with E-state index in [2.05, 4.69) is 35.0 Å². The van der Waals surface area contributed by atoms with Crippen LogP contribution in [0.4, 0.5) is 0 Å². The Labute approximate surface area is 35.7 Å². The molecular weight excluding hydrogens is 92.1 g/mol. The summed E-state index contributed by atoms with van der Waals surface area (Å²) in [5, 5.41) is 0. The van der Waals surface area contributed by atoms with Gasteiger partial charge in [0.25, 0.3) is 0 Å². The van der Waals surface area contributed by atoms with E-state index in [1.165, 1.54) is 0 Å². The molecule has 0 unspecified atom stereocenters. The molecule has 0 amide bonds. The highest BCUT2D eigenvalue weighted by Gasteiger charge is 0.885. The summed E-state index contributed by atoms with van der Waals surface area (Å²) in [4.78, 5) is 0. The third kappa shape index (κ3) is 17.9. The topological polar surface area (TPSA) is 52.0 Å². The van der Waals surface area contributed by atoms with Crippen LogP contribution in [0.3, 0.4) is 0 Å². The maximum atomic E-state index is 4.00. The maximum Gasteiger partial charge on any atom is -0.115 e. The Hall–Kier alpha value is 0.620. The lowest BCUT2D eigenvalue weighted by molar-refractivity contribution is 1.26. The summed E-state index contributed by atoms with van der Waals surface area (Å²) in [5.74, 6) is 8.00. The van der Waals surface area contributed by atoms with Crippen molar-refractivity contribution in [2.75, 3.05) is 0 Å². The summed E-state index contributed by atoms with van der Waals surface area (Å²) < 4.78 is 0. The highest BCUT2D eigenvalue weighted by Crippen LogP contribution is 1.65. The van der Waals surface area contributed by atoms with E-state index in [4.69, 9.17) is 0 Å². The number of hydrazine groups is 1. The van der Waals surface area contributed by atoms with Gasteiger partial charge in [-0.15, -0.1) is 23.3 Å². The van der Waals surface area contributed by atoms with Gasteiger partial charge in [-0.3, -0.25) is 11.7 Å². The van der Waals surface area contributed by atoms with E-state index in [1.54, 1.807) is 0 Å². The Bertz CT molecular complexity index is 4.00. The van der Waals surface area contributed by atoms with Crippen LogP contribution in [0.5, 0.6) is 0 Å². The van der Waals surface area contributed by atoms with Crippen LogP contribution in [0, 0.1) is 0 Å². The second kappa shape index (κ2) is 64.6. The summed E-state index contributed by atoms with van der Waals surface area (Å²) in [7, 11) is 0. The fourth-order valence-corrected chi connectivity index (χ4v) is 0. The zero-order valence-corrected chi connectivity index (χ0v) is 3.84. The van der Waals surface area contributed by atoms with Gasteiger partial charge in [0.1, 0.15) is 0 Å². The summed E-state index contributed by atoms with van der Waals surface area (Å²) in [6, 6.07) is 0. The van der Waals surface area contributed by atoms with Crippen molar-refractivity contribution in [1.29, 1.82) is 0 Å². The summed E-state index contributed by atoms with van der Waals surface area (Å²) >= 11 is 6.44. The van der Waals surface area contributed by atoms with Crippen molar-refractivity contribution in [3.63, 3.8) is 0 Å². The summed E-state index contributed by atoms with van der Waals surface area (Å²) in [6.45, 7) is 0. The van der Waals surface area contributed by atoms with Crippen LogP contribution >= 0.6 is 23.3 Å². The first kappa shape index (κ1) is 8.82. The van der Waals surface area contributed by atoms with Gasteiger partial charge in [-0.1, -0.05) is 0 Å². The molecule has 0 aliphatic rings. The Balaban J connectivity index is 0. The van der Waals surface area contributed by atoms with E-state index in [0.717, 1.165) is 0 Å². The predicted molar refractivity (Wildman–Crippen MR) is 26.3 cm³/mol. The fraction of sp³-hybridized carbons (Fsp3) is 0. The molecule has 0 radical (unpaired) electrons. The van der Waals surface area contributed by atoms with Crippen LogP contribution < -0.4 is 11.7 Å². The minimum atomic E-state index is 3.22. The Kier molecular flexibility index (Phi) is 143. The molecule has 4 heavy (non-hydrogen) atoms. The molecule has 4 heteroatoms. The van der Waals surface area contributed by atoms with Crippen molar-refractivity contribution >= 4 is 23.3 Å². The first-order chi connectivity index (χ1) is 2.00. The van der Waals surface area contributed by atoms with E-state index < -0.39 is 0 Å². The monoisotopic (exact) mass is 98.0 g/mol. The highest BCUT2D eigenvalue weighted by atomic mass is 33.1. The van der Waals surface area contributed by atoms with Crippen LogP contribution in [0.1, 0.15) is 0 Å². The lowest BCUT2D eigenvalue weighted by Gasteiger charge is -1.27. The van der Waals surface area contributed by atoms with Crippen molar-refractivity contribution in [3.05, 3.63) is 0 Å². The summed E-state index contributed by atoms with van der Waals surface area (Å²) in [5.41, 5.74) is 0. The smallest absolute Gasteiger partial charge is 0.115 e. The van der Waals surface area contributed by atoms with Crippen LogP contribution in [0.15, 0.2) is 0 Å². The number of hydrogen-bond donors (Lipinski definition) is 4. The average molecular weight is 98.2 g/mol. The van der Waals surface area contributed by atoms with Gasteiger partial charge in [-0.25, -0.2) is 0 Å². The Morgan fingerprint density at radius 1 is 1.00 bits per heavy atom. The zero-order chi connectivity index (χ0) is 4.00. The lowest BCUT2D eigenvalue weighted by Crippen LogP contribution is -2.02. The van der Waals surface area contributed by atoms with Crippen LogP contribution in [-0.2, 0) is 0 Å². The van der Waals surface area contributed by atoms with E-state index in [-0.39, 0.29) is 0 Å². The molecule has 0 aliphatic heterocycles. The van der Waals surface area contributed by atoms with E-state index in [1.807, 2.05) is 0 Å². The molecule has 0 spiro atoms. The quantitative estimate of drug-likeness (QED) is 0.144. The molecule has 0 aromatic heterocycles. The number of nitrogens with two attached hydrogens (primary N) is 2. The highest BCUT2D eigenvalue weighted by molar-refractivity contribution is 8.59. The maximum absolute atomic E-state index is 4.00. The molecule has 2 nitrogen and oxygen atoms in total. The number of rotatable bonds is 0. The standard InChI is InChI=1S/H4N2.H2S2/c2*1-2/h1-2H2;1-2H. The van der Waals surface area contributed by atoms with Crippen molar-refractivity contribution in [1.82, 2.24) is 0 Å². The van der Waals surface area contributed by atoms with Gasteiger partial charge in [-0.05, 0) is 0 Å². The molecule has 0 heterocycles. The van der Waals surface area contributed by atoms with Crippen LogP contribution in [-0.4, -0.2) is 0 Å². The van der Waals surface area contributed by atoms with Gasteiger partial charge < -0.3 is 0 Å². The normalized spacial score (nSPS) is 3.00. The van der Waals surface area contributed by atoms with Crippen molar-refractivity contribution in [2.45, 2.75) is 0 Å². The minimum absolute atomic E-state index is 3.22. The van der Waals surface area contributed by atoms with Gasteiger partial charge in [-0.2, -0.15) is 0 Å². The zero-order valence-electron chi connectivity index (χ0n) is 2.05. The molecule has 0 fully saturated rings. The van der Waals surface area contributed by atoms with Gasteiger partial charge in [0.15, 0.2) is 0 Å². The largest absolute Gasteiger partial charge is 0.274 e. The number of hydrogen-bond acceptors (Lipinski definition) is 4. The lowest BCUT2D eigenvalue weighted by atomic mass is 13.0. The molecule has 28 valence electrons. The Morgan fingerprint density at radius 3 is 1.00 bits per heavy atom. The van der Waals surface area contributed by atoms with Crippen molar-refractivity contribution in [2.24, 2.45) is 11.7 Å².